The van der Waals surface area contributed by atoms with Crippen LogP contribution in [0.3, 0.4) is 0 Å². The van der Waals surface area contributed by atoms with E-state index in [0.29, 0.717) is 30.4 Å². The minimum absolute atomic E-state index is 0.0928. The first-order chi connectivity index (χ1) is 10.2. The molecule has 0 radical (unpaired) electrons. The van der Waals surface area contributed by atoms with E-state index < -0.39 is 0 Å². The van der Waals surface area contributed by atoms with E-state index in [4.69, 9.17) is 10.5 Å². The highest BCUT2D eigenvalue weighted by atomic mass is 16.5. The van der Waals surface area contributed by atoms with Crippen LogP contribution in [0.4, 0.5) is 11.4 Å². The number of nitrogens with zero attached hydrogens (tertiary/aromatic N) is 1. The van der Waals surface area contributed by atoms with Crippen LogP contribution in [0.5, 0.6) is 0 Å². The van der Waals surface area contributed by atoms with Gasteiger partial charge in [0.05, 0.1) is 30.2 Å². The van der Waals surface area contributed by atoms with Crippen molar-refractivity contribution in [2.75, 3.05) is 30.4 Å². The number of rotatable bonds is 6. The van der Waals surface area contributed by atoms with E-state index in [2.05, 4.69) is 4.90 Å². The maximum absolute atomic E-state index is 11.7. The molecule has 116 valence electrons. The smallest absolute Gasteiger partial charge is 0.338 e. The van der Waals surface area contributed by atoms with Crippen molar-refractivity contribution in [2.45, 2.75) is 38.6 Å². The second kappa shape index (κ2) is 7.31. The molecule has 0 amide bonds. The van der Waals surface area contributed by atoms with E-state index in [-0.39, 0.29) is 12.6 Å². The SMILES string of the molecule is CCOC(=O)c1ccc(N(CCO)C2CCCC2)c(N)c1. The van der Waals surface area contributed by atoms with E-state index in [1.807, 2.05) is 6.07 Å². The molecule has 5 heteroatoms. The predicted octanol–water partition coefficient (Wildman–Crippen LogP) is 2.19. The third-order valence-electron chi connectivity index (χ3n) is 3.95. The van der Waals surface area contributed by atoms with Crippen LogP contribution in [0.25, 0.3) is 0 Å². The number of anilines is 2. The average Bonchev–Trinajstić information content (AvgIpc) is 2.99. The Morgan fingerprint density at radius 2 is 2.14 bits per heavy atom. The van der Waals surface area contributed by atoms with Gasteiger partial charge in [-0.3, -0.25) is 0 Å². The highest BCUT2D eigenvalue weighted by Gasteiger charge is 2.24. The Morgan fingerprint density at radius 1 is 1.43 bits per heavy atom. The van der Waals surface area contributed by atoms with Crippen LogP contribution in [0, 0.1) is 0 Å². The summed E-state index contributed by atoms with van der Waals surface area (Å²) in [5.41, 5.74) is 8.04. The number of ether oxygens (including phenoxy) is 1. The van der Waals surface area contributed by atoms with Gasteiger partial charge in [-0.1, -0.05) is 12.8 Å². The molecule has 1 saturated carbocycles. The van der Waals surface area contributed by atoms with Gasteiger partial charge in [-0.15, -0.1) is 0 Å². The van der Waals surface area contributed by atoms with Crippen molar-refractivity contribution in [3.63, 3.8) is 0 Å². The fraction of sp³-hybridized carbons (Fsp3) is 0.562. The fourth-order valence-electron chi connectivity index (χ4n) is 2.98. The van der Waals surface area contributed by atoms with E-state index >= 15 is 0 Å². The molecule has 1 aliphatic carbocycles. The van der Waals surface area contributed by atoms with Crippen LogP contribution in [0.2, 0.25) is 0 Å². The zero-order chi connectivity index (χ0) is 15.2. The van der Waals surface area contributed by atoms with Crippen molar-refractivity contribution in [1.82, 2.24) is 0 Å². The summed E-state index contributed by atoms with van der Waals surface area (Å²) in [7, 11) is 0. The number of nitrogen functional groups attached to an aromatic ring is 1. The molecule has 1 fully saturated rings. The van der Waals surface area contributed by atoms with Gasteiger partial charge in [-0.05, 0) is 38.0 Å². The lowest BCUT2D eigenvalue weighted by molar-refractivity contribution is 0.0526. The molecule has 3 N–H and O–H groups in total. The average molecular weight is 292 g/mol. The van der Waals surface area contributed by atoms with E-state index in [0.717, 1.165) is 18.5 Å². The molecule has 21 heavy (non-hydrogen) atoms. The standard InChI is InChI=1S/C16H24N2O3/c1-2-21-16(20)12-7-8-15(14(17)11-12)18(9-10-19)13-5-3-4-6-13/h7-8,11,13,19H,2-6,9-10,17H2,1H3. The van der Waals surface area contributed by atoms with Crippen molar-refractivity contribution >= 4 is 17.3 Å². The maximum Gasteiger partial charge on any atom is 0.338 e. The number of aliphatic hydroxyl groups is 1. The summed E-state index contributed by atoms with van der Waals surface area (Å²) in [4.78, 5) is 13.9. The summed E-state index contributed by atoms with van der Waals surface area (Å²) < 4.78 is 4.98. The van der Waals surface area contributed by atoms with Crippen LogP contribution >= 0.6 is 0 Å². The molecule has 0 aliphatic heterocycles. The van der Waals surface area contributed by atoms with Gasteiger partial charge < -0.3 is 20.5 Å². The maximum atomic E-state index is 11.7. The number of benzene rings is 1. The molecule has 0 bridgehead atoms. The summed E-state index contributed by atoms with van der Waals surface area (Å²) in [5.74, 6) is -0.356. The molecule has 5 nitrogen and oxygen atoms in total. The van der Waals surface area contributed by atoms with Gasteiger partial charge in [0.15, 0.2) is 0 Å². The highest BCUT2D eigenvalue weighted by Crippen LogP contribution is 2.32. The first-order valence-electron chi connectivity index (χ1n) is 7.61. The minimum Gasteiger partial charge on any atom is -0.462 e. The number of nitrogens with two attached hydrogens (primary N) is 1. The van der Waals surface area contributed by atoms with E-state index in [1.54, 1.807) is 19.1 Å². The molecule has 2 rings (SSSR count). The monoisotopic (exact) mass is 292 g/mol. The van der Waals surface area contributed by atoms with E-state index in [1.165, 1.54) is 12.8 Å². The van der Waals surface area contributed by atoms with Gasteiger partial charge in [0.25, 0.3) is 0 Å². The van der Waals surface area contributed by atoms with Crippen molar-refractivity contribution in [1.29, 1.82) is 0 Å². The van der Waals surface area contributed by atoms with Crippen molar-refractivity contribution in [2.24, 2.45) is 0 Å². The van der Waals surface area contributed by atoms with Crippen LogP contribution in [0.1, 0.15) is 43.0 Å². The van der Waals surface area contributed by atoms with Crippen molar-refractivity contribution in [3.8, 4) is 0 Å². The summed E-state index contributed by atoms with van der Waals surface area (Å²) in [6, 6.07) is 5.68. The van der Waals surface area contributed by atoms with Gasteiger partial charge >= 0.3 is 5.97 Å². The third-order valence-corrected chi connectivity index (χ3v) is 3.95. The molecular weight excluding hydrogens is 268 g/mol. The van der Waals surface area contributed by atoms with Crippen LogP contribution in [-0.2, 0) is 4.74 Å². The quantitative estimate of drug-likeness (QED) is 0.621. The Balaban J connectivity index is 2.22. The normalized spacial score (nSPS) is 15.1. The van der Waals surface area contributed by atoms with E-state index in [9.17, 15) is 9.90 Å². The summed E-state index contributed by atoms with van der Waals surface area (Å²) in [5, 5.41) is 9.31. The van der Waals surface area contributed by atoms with Gasteiger partial charge in [-0.25, -0.2) is 4.79 Å². The number of carbonyl (C=O) groups is 1. The third kappa shape index (κ3) is 3.67. The zero-order valence-electron chi connectivity index (χ0n) is 12.5. The highest BCUT2D eigenvalue weighted by molar-refractivity contribution is 5.92. The molecule has 0 heterocycles. The zero-order valence-corrected chi connectivity index (χ0v) is 12.5. The number of aliphatic hydroxyl groups excluding tert-OH is 1. The molecule has 1 aromatic rings. The molecule has 0 atom stereocenters. The summed E-state index contributed by atoms with van der Waals surface area (Å²) in [6.45, 7) is 2.78. The number of hydrogen-bond donors (Lipinski definition) is 2. The lowest BCUT2D eigenvalue weighted by atomic mass is 10.1. The largest absolute Gasteiger partial charge is 0.462 e. The minimum atomic E-state index is -0.356. The Hall–Kier alpha value is -1.75. The summed E-state index contributed by atoms with van der Waals surface area (Å²) in [6.07, 6.45) is 4.68. The molecule has 0 saturated heterocycles. The van der Waals surface area contributed by atoms with Crippen LogP contribution < -0.4 is 10.6 Å². The Kier molecular flexibility index (Phi) is 5.44. The van der Waals surface area contributed by atoms with Crippen molar-refractivity contribution < 1.29 is 14.6 Å². The Morgan fingerprint density at radius 3 is 2.71 bits per heavy atom. The van der Waals surface area contributed by atoms with Gasteiger partial charge in [-0.2, -0.15) is 0 Å². The first-order valence-corrected chi connectivity index (χ1v) is 7.61. The van der Waals surface area contributed by atoms with Gasteiger partial charge in [0, 0.05) is 12.6 Å². The molecule has 0 spiro atoms. The first kappa shape index (κ1) is 15.6. The number of esters is 1. The molecular formula is C16H24N2O3. The van der Waals surface area contributed by atoms with Crippen molar-refractivity contribution in [3.05, 3.63) is 23.8 Å². The molecule has 1 aliphatic rings. The van der Waals surface area contributed by atoms with Gasteiger partial charge in [0.1, 0.15) is 0 Å². The Bertz CT molecular complexity index is 484. The van der Waals surface area contributed by atoms with Gasteiger partial charge in [0.2, 0.25) is 0 Å². The Labute approximate surface area is 125 Å². The molecule has 0 aromatic heterocycles. The molecule has 1 aromatic carbocycles. The second-order valence-corrected chi connectivity index (χ2v) is 5.35. The summed E-state index contributed by atoms with van der Waals surface area (Å²) >= 11 is 0. The predicted molar refractivity (Wildman–Crippen MR) is 83.5 cm³/mol. The van der Waals surface area contributed by atoms with Crippen LogP contribution in [-0.4, -0.2) is 36.9 Å². The second-order valence-electron chi connectivity index (χ2n) is 5.35. The molecule has 0 unspecified atom stereocenters. The fourth-order valence-corrected chi connectivity index (χ4v) is 2.98. The lowest BCUT2D eigenvalue weighted by Crippen LogP contribution is -2.36. The van der Waals surface area contributed by atoms with Crippen LogP contribution in [0.15, 0.2) is 18.2 Å². The topological polar surface area (TPSA) is 75.8 Å². The number of hydrogen-bond acceptors (Lipinski definition) is 5. The lowest BCUT2D eigenvalue weighted by Gasteiger charge is -2.31. The number of carbonyl (C=O) groups excluding carboxylic acids is 1.